The van der Waals surface area contributed by atoms with E-state index in [1.54, 1.807) is 4.52 Å². The fourth-order valence-corrected chi connectivity index (χ4v) is 3.22. The van der Waals surface area contributed by atoms with E-state index < -0.39 is 0 Å². The van der Waals surface area contributed by atoms with Gasteiger partial charge in [-0.2, -0.15) is 14.6 Å². The molecule has 3 heterocycles. The third-order valence-corrected chi connectivity index (χ3v) is 4.27. The number of anilines is 2. The van der Waals surface area contributed by atoms with Crippen LogP contribution in [0.3, 0.4) is 0 Å². The molecule has 1 N–H and O–H groups in total. The number of para-hydroxylation sites is 1. The van der Waals surface area contributed by atoms with Crippen molar-refractivity contribution in [2.24, 2.45) is 0 Å². The first kappa shape index (κ1) is 14.0. The topological polar surface area (TPSA) is 58.4 Å². The van der Waals surface area contributed by atoms with Crippen molar-refractivity contribution in [2.45, 2.75) is 19.8 Å². The quantitative estimate of drug-likeness (QED) is 0.801. The van der Waals surface area contributed by atoms with E-state index in [0.29, 0.717) is 5.78 Å². The molecule has 1 aromatic carbocycles. The first-order valence-corrected chi connectivity index (χ1v) is 8.05. The maximum absolute atomic E-state index is 4.36. The van der Waals surface area contributed by atoms with Crippen LogP contribution in [0.5, 0.6) is 0 Å². The molecule has 2 aromatic heterocycles. The number of hydrogen-bond donors (Lipinski definition) is 1. The Balaban J connectivity index is 1.47. The lowest BCUT2D eigenvalue weighted by Crippen LogP contribution is -2.33. The van der Waals surface area contributed by atoms with Crippen LogP contribution in [0, 0.1) is 6.92 Å². The molecule has 6 nitrogen and oxygen atoms in total. The molecular formula is C17H20N6. The molecule has 3 aromatic rings. The highest BCUT2D eigenvalue weighted by molar-refractivity contribution is 5.55. The highest BCUT2D eigenvalue weighted by Crippen LogP contribution is 2.26. The average molecular weight is 308 g/mol. The Morgan fingerprint density at radius 3 is 3.13 bits per heavy atom. The highest BCUT2D eigenvalue weighted by atomic mass is 15.4. The number of fused-ring (bicyclic) bond motifs is 2. The van der Waals surface area contributed by atoms with E-state index in [0.717, 1.165) is 31.1 Å². The van der Waals surface area contributed by atoms with Crippen LogP contribution in [0.4, 0.5) is 11.5 Å². The van der Waals surface area contributed by atoms with Crippen LogP contribution in [0.15, 0.2) is 36.7 Å². The second-order valence-corrected chi connectivity index (χ2v) is 5.90. The van der Waals surface area contributed by atoms with Crippen LogP contribution in [0.1, 0.15) is 17.7 Å². The summed E-state index contributed by atoms with van der Waals surface area (Å²) in [6, 6.07) is 10.7. The van der Waals surface area contributed by atoms with Gasteiger partial charge in [0.15, 0.2) is 0 Å². The van der Waals surface area contributed by atoms with Gasteiger partial charge < -0.3 is 10.2 Å². The number of nitrogens with one attached hydrogen (secondary N) is 1. The van der Waals surface area contributed by atoms with Crippen molar-refractivity contribution < 1.29 is 0 Å². The van der Waals surface area contributed by atoms with E-state index in [1.165, 1.54) is 30.4 Å². The van der Waals surface area contributed by atoms with Crippen molar-refractivity contribution in [1.29, 1.82) is 0 Å². The van der Waals surface area contributed by atoms with Crippen LogP contribution in [0.25, 0.3) is 5.78 Å². The number of aryl methyl sites for hydroxylation is 2. The molecule has 0 atom stereocenters. The van der Waals surface area contributed by atoms with Crippen LogP contribution >= 0.6 is 0 Å². The minimum atomic E-state index is 0.635. The van der Waals surface area contributed by atoms with Crippen molar-refractivity contribution in [3.8, 4) is 0 Å². The predicted octanol–water partition coefficient (Wildman–Crippen LogP) is 2.30. The van der Waals surface area contributed by atoms with E-state index in [1.807, 2.05) is 13.0 Å². The van der Waals surface area contributed by atoms with Gasteiger partial charge in [0, 0.05) is 37.1 Å². The van der Waals surface area contributed by atoms with E-state index >= 15 is 0 Å². The molecule has 0 bridgehead atoms. The third-order valence-electron chi connectivity index (χ3n) is 4.27. The standard InChI is InChI=1S/C17H20N6/c1-13-11-16(23-17(21-13)19-12-20-23)18-8-10-22-9-4-6-14-5-2-3-7-15(14)22/h2-3,5,7,11-12,18H,4,6,8-10H2,1H3. The first-order valence-electron chi connectivity index (χ1n) is 8.05. The Bertz CT molecular complexity index is 825. The van der Waals surface area contributed by atoms with Crippen molar-refractivity contribution in [3.63, 3.8) is 0 Å². The zero-order chi connectivity index (χ0) is 15.6. The van der Waals surface area contributed by atoms with Gasteiger partial charge in [-0.25, -0.2) is 4.98 Å². The molecule has 23 heavy (non-hydrogen) atoms. The summed E-state index contributed by atoms with van der Waals surface area (Å²) >= 11 is 0. The van der Waals surface area contributed by atoms with Gasteiger partial charge in [-0.3, -0.25) is 0 Å². The summed E-state index contributed by atoms with van der Waals surface area (Å²) in [6.07, 6.45) is 3.94. The van der Waals surface area contributed by atoms with E-state index in [2.05, 4.69) is 49.5 Å². The van der Waals surface area contributed by atoms with Gasteiger partial charge in [-0.1, -0.05) is 18.2 Å². The molecule has 118 valence electrons. The monoisotopic (exact) mass is 308 g/mol. The fraction of sp³-hybridized carbons (Fsp3) is 0.353. The Morgan fingerprint density at radius 1 is 1.26 bits per heavy atom. The molecule has 0 saturated heterocycles. The first-order chi connectivity index (χ1) is 11.3. The summed E-state index contributed by atoms with van der Waals surface area (Å²) < 4.78 is 1.75. The van der Waals surface area contributed by atoms with Gasteiger partial charge in [0.1, 0.15) is 12.1 Å². The van der Waals surface area contributed by atoms with Crippen molar-refractivity contribution in [2.75, 3.05) is 29.9 Å². The largest absolute Gasteiger partial charge is 0.370 e. The van der Waals surface area contributed by atoms with Crippen molar-refractivity contribution >= 4 is 17.3 Å². The summed E-state index contributed by atoms with van der Waals surface area (Å²) in [7, 11) is 0. The van der Waals surface area contributed by atoms with Gasteiger partial charge in [0.05, 0.1) is 0 Å². The van der Waals surface area contributed by atoms with Crippen LogP contribution in [0.2, 0.25) is 0 Å². The summed E-state index contributed by atoms with van der Waals surface area (Å²) in [5.41, 5.74) is 3.77. The van der Waals surface area contributed by atoms with Gasteiger partial charge >= 0.3 is 0 Å². The second kappa shape index (κ2) is 5.87. The lowest BCUT2D eigenvalue weighted by Gasteiger charge is -2.31. The molecule has 4 rings (SSSR count). The Hall–Kier alpha value is -2.63. The van der Waals surface area contributed by atoms with E-state index in [-0.39, 0.29) is 0 Å². The Morgan fingerprint density at radius 2 is 2.17 bits per heavy atom. The van der Waals surface area contributed by atoms with Crippen LogP contribution in [-0.2, 0) is 6.42 Å². The molecule has 1 aliphatic rings. The summed E-state index contributed by atoms with van der Waals surface area (Å²) in [5, 5.41) is 7.70. The van der Waals surface area contributed by atoms with E-state index in [9.17, 15) is 0 Å². The van der Waals surface area contributed by atoms with Crippen LogP contribution < -0.4 is 10.2 Å². The zero-order valence-electron chi connectivity index (χ0n) is 13.2. The average Bonchev–Trinajstić information content (AvgIpc) is 3.03. The van der Waals surface area contributed by atoms with Gasteiger partial charge in [0.2, 0.25) is 0 Å². The molecule has 0 spiro atoms. The number of aromatic nitrogens is 4. The number of hydrogen-bond acceptors (Lipinski definition) is 5. The van der Waals surface area contributed by atoms with Gasteiger partial charge in [-0.15, -0.1) is 0 Å². The normalized spacial score (nSPS) is 14.0. The van der Waals surface area contributed by atoms with E-state index in [4.69, 9.17) is 0 Å². The fourth-order valence-electron chi connectivity index (χ4n) is 3.22. The summed E-state index contributed by atoms with van der Waals surface area (Å²) in [6.45, 7) is 4.91. The maximum Gasteiger partial charge on any atom is 0.254 e. The lowest BCUT2D eigenvalue weighted by atomic mass is 10.0. The Kier molecular flexibility index (Phi) is 3.57. The summed E-state index contributed by atoms with van der Waals surface area (Å²) in [4.78, 5) is 11.0. The minimum absolute atomic E-state index is 0.635. The zero-order valence-corrected chi connectivity index (χ0v) is 13.2. The number of nitrogens with zero attached hydrogens (tertiary/aromatic N) is 5. The van der Waals surface area contributed by atoms with Crippen LogP contribution in [-0.4, -0.2) is 39.2 Å². The van der Waals surface area contributed by atoms with Crippen molar-refractivity contribution in [1.82, 2.24) is 19.6 Å². The highest BCUT2D eigenvalue weighted by Gasteiger charge is 2.15. The third kappa shape index (κ3) is 2.72. The molecule has 0 radical (unpaired) electrons. The number of benzene rings is 1. The smallest absolute Gasteiger partial charge is 0.254 e. The van der Waals surface area contributed by atoms with Gasteiger partial charge in [0.25, 0.3) is 5.78 Å². The Labute approximate surface area is 135 Å². The number of rotatable bonds is 4. The molecule has 0 unspecified atom stereocenters. The van der Waals surface area contributed by atoms with Gasteiger partial charge in [-0.05, 0) is 31.4 Å². The maximum atomic E-state index is 4.36. The molecule has 0 saturated carbocycles. The molecule has 0 fully saturated rings. The second-order valence-electron chi connectivity index (χ2n) is 5.90. The molecule has 0 amide bonds. The summed E-state index contributed by atoms with van der Waals surface area (Å²) in [5.74, 6) is 1.58. The van der Waals surface area contributed by atoms with Crippen molar-refractivity contribution in [3.05, 3.63) is 47.9 Å². The predicted molar refractivity (Wildman–Crippen MR) is 91.0 cm³/mol. The molecule has 0 aliphatic carbocycles. The lowest BCUT2D eigenvalue weighted by molar-refractivity contribution is 0.697. The minimum Gasteiger partial charge on any atom is -0.370 e. The molecule has 6 heteroatoms. The molecule has 1 aliphatic heterocycles. The SMILES string of the molecule is Cc1cc(NCCN2CCCc3ccccc32)n2ncnc2n1. The molecular weight excluding hydrogens is 288 g/mol.